The van der Waals surface area contributed by atoms with Crippen LogP contribution in [0.3, 0.4) is 0 Å². The van der Waals surface area contributed by atoms with Crippen LogP contribution in [0.5, 0.6) is 0 Å². The summed E-state index contributed by atoms with van der Waals surface area (Å²) in [6, 6.07) is 18.5. The van der Waals surface area contributed by atoms with E-state index in [0.29, 0.717) is 28.3 Å². The first-order valence-electron chi connectivity index (χ1n) is 9.12. The topological polar surface area (TPSA) is 81.8 Å². The SMILES string of the molecule is Cc1nn(-c2ccccc2)c(C)c1C(=O)C(=O)Nc1ccccc1-n1cccn1. The Bertz CT molecular complexity index is 1180. The van der Waals surface area contributed by atoms with E-state index in [0.717, 1.165) is 5.69 Å². The first kappa shape index (κ1) is 18.4. The molecule has 0 fully saturated rings. The van der Waals surface area contributed by atoms with Crippen molar-refractivity contribution in [2.45, 2.75) is 13.8 Å². The van der Waals surface area contributed by atoms with Crippen LogP contribution in [0.1, 0.15) is 21.7 Å². The van der Waals surface area contributed by atoms with Crippen molar-refractivity contribution in [3.8, 4) is 11.4 Å². The highest BCUT2D eigenvalue weighted by Gasteiger charge is 2.25. The molecule has 2 aromatic carbocycles. The number of hydrogen-bond acceptors (Lipinski definition) is 4. The number of rotatable bonds is 5. The Hall–Kier alpha value is -4.00. The van der Waals surface area contributed by atoms with Gasteiger partial charge in [-0.15, -0.1) is 0 Å². The second-order valence-corrected chi connectivity index (χ2v) is 6.54. The number of ketones is 1. The number of para-hydroxylation sites is 3. The van der Waals surface area contributed by atoms with Gasteiger partial charge in [0.2, 0.25) is 0 Å². The molecular formula is C22H19N5O2. The Balaban J connectivity index is 1.64. The van der Waals surface area contributed by atoms with Gasteiger partial charge < -0.3 is 5.32 Å². The van der Waals surface area contributed by atoms with E-state index in [4.69, 9.17) is 0 Å². The Morgan fingerprint density at radius 3 is 2.38 bits per heavy atom. The minimum absolute atomic E-state index is 0.308. The minimum atomic E-state index is -0.719. The van der Waals surface area contributed by atoms with Gasteiger partial charge in [-0.3, -0.25) is 9.59 Å². The Labute approximate surface area is 167 Å². The van der Waals surface area contributed by atoms with Gasteiger partial charge in [-0.05, 0) is 44.2 Å². The fraction of sp³-hybridized carbons (Fsp3) is 0.0909. The molecule has 2 aromatic heterocycles. The summed E-state index contributed by atoms with van der Waals surface area (Å²) in [5.41, 5.74) is 3.44. The molecule has 0 atom stereocenters. The van der Waals surface area contributed by atoms with Gasteiger partial charge in [-0.2, -0.15) is 10.2 Å². The summed E-state index contributed by atoms with van der Waals surface area (Å²) in [7, 11) is 0. The highest BCUT2D eigenvalue weighted by molar-refractivity contribution is 6.47. The summed E-state index contributed by atoms with van der Waals surface area (Å²) < 4.78 is 3.30. The third kappa shape index (κ3) is 3.45. The number of aryl methyl sites for hydroxylation is 1. The molecule has 7 heteroatoms. The van der Waals surface area contributed by atoms with Crippen LogP contribution in [0.2, 0.25) is 0 Å². The molecule has 7 nitrogen and oxygen atoms in total. The van der Waals surface area contributed by atoms with Gasteiger partial charge in [-0.25, -0.2) is 9.36 Å². The molecule has 29 heavy (non-hydrogen) atoms. The molecule has 0 spiro atoms. The third-order valence-corrected chi connectivity index (χ3v) is 4.63. The number of carbonyl (C=O) groups is 2. The average Bonchev–Trinajstić information content (AvgIpc) is 3.37. The molecule has 0 bridgehead atoms. The van der Waals surface area contributed by atoms with Crippen molar-refractivity contribution in [2.24, 2.45) is 0 Å². The third-order valence-electron chi connectivity index (χ3n) is 4.63. The summed E-state index contributed by atoms with van der Waals surface area (Å²) in [5.74, 6) is -1.35. The maximum Gasteiger partial charge on any atom is 0.296 e. The predicted molar refractivity (Wildman–Crippen MR) is 110 cm³/mol. The minimum Gasteiger partial charge on any atom is -0.317 e. The largest absolute Gasteiger partial charge is 0.317 e. The van der Waals surface area contributed by atoms with Gasteiger partial charge in [0.15, 0.2) is 0 Å². The van der Waals surface area contributed by atoms with Crippen LogP contribution in [0.15, 0.2) is 73.1 Å². The van der Waals surface area contributed by atoms with E-state index in [1.165, 1.54) is 0 Å². The molecular weight excluding hydrogens is 366 g/mol. The first-order chi connectivity index (χ1) is 14.1. The van der Waals surface area contributed by atoms with E-state index in [9.17, 15) is 9.59 Å². The lowest BCUT2D eigenvalue weighted by molar-refractivity contribution is -0.112. The molecule has 0 aliphatic rings. The molecule has 0 radical (unpaired) electrons. The van der Waals surface area contributed by atoms with Gasteiger partial charge in [-0.1, -0.05) is 30.3 Å². The Morgan fingerprint density at radius 2 is 1.66 bits per heavy atom. The fourth-order valence-electron chi connectivity index (χ4n) is 3.27. The summed E-state index contributed by atoms with van der Waals surface area (Å²) in [4.78, 5) is 25.7. The van der Waals surface area contributed by atoms with Gasteiger partial charge in [0.1, 0.15) is 0 Å². The van der Waals surface area contributed by atoms with Crippen molar-refractivity contribution >= 4 is 17.4 Å². The van der Waals surface area contributed by atoms with E-state index < -0.39 is 11.7 Å². The quantitative estimate of drug-likeness (QED) is 0.421. The molecule has 0 unspecified atom stereocenters. The Kier molecular flexibility index (Phi) is 4.78. The zero-order valence-electron chi connectivity index (χ0n) is 16.0. The fourth-order valence-corrected chi connectivity index (χ4v) is 3.27. The summed E-state index contributed by atoms with van der Waals surface area (Å²) >= 11 is 0. The molecule has 4 aromatic rings. The van der Waals surface area contributed by atoms with E-state index >= 15 is 0 Å². The predicted octanol–water partition coefficient (Wildman–Crippen LogP) is 3.50. The smallest absolute Gasteiger partial charge is 0.296 e. The number of hydrogen-bond donors (Lipinski definition) is 1. The first-order valence-corrected chi connectivity index (χ1v) is 9.12. The van der Waals surface area contributed by atoms with Crippen LogP contribution in [-0.2, 0) is 4.79 Å². The molecule has 2 heterocycles. The monoisotopic (exact) mass is 385 g/mol. The van der Waals surface area contributed by atoms with Crippen LogP contribution >= 0.6 is 0 Å². The van der Waals surface area contributed by atoms with Gasteiger partial charge in [0, 0.05) is 12.4 Å². The van der Waals surface area contributed by atoms with E-state index in [1.54, 1.807) is 53.8 Å². The van der Waals surface area contributed by atoms with Crippen molar-refractivity contribution < 1.29 is 9.59 Å². The van der Waals surface area contributed by atoms with E-state index in [2.05, 4.69) is 15.5 Å². The molecule has 144 valence electrons. The molecule has 4 rings (SSSR count). The lowest BCUT2D eigenvalue weighted by Gasteiger charge is -2.10. The van der Waals surface area contributed by atoms with Crippen molar-refractivity contribution in [1.29, 1.82) is 0 Å². The number of Topliss-reactive ketones (excluding diaryl/α,β-unsaturated/α-hetero) is 1. The molecule has 0 aliphatic heterocycles. The zero-order valence-corrected chi connectivity index (χ0v) is 16.0. The number of aromatic nitrogens is 4. The van der Waals surface area contributed by atoms with Crippen LogP contribution in [0.4, 0.5) is 5.69 Å². The summed E-state index contributed by atoms with van der Waals surface area (Å²) in [6.45, 7) is 3.51. The summed E-state index contributed by atoms with van der Waals surface area (Å²) in [6.07, 6.45) is 3.42. The van der Waals surface area contributed by atoms with Crippen LogP contribution in [0.25, 0.3) is 11.4 Å². The van der Waals surface area contributed by atoms with Gasteiger partial charge in [0.25, 0.3) is 11.7 Å². The molecule has 1 amide bonds. The van der Waals surface area contributed by atoms with Gasteiger partial charge >= 0.3 is 0 Å². The van der Waals surface area contributed by atoms with Crippen LogP contribution < -0.4 is 5.32 Å². The average molecular weight is 385 g/mol. The zero-order chi connectivity index (χ0) is 20.4. The molecule has 0 saturated heterocycles. The Morgan fingerprint density at radius 1 is 0.931 bits per heavy atom. The van der Waals surface area contributed by atoms with Crippen LogP contribution in [-0.4, -0.2) is 31.3 Å². The van der Waals surface area contributed by atoms with Crippen molar-refractivity contribution in [2.75, 3.05) is 5.32 Å². The highest BCUT2D eigenvalue weighted by atomic mass is 16.2. The number of carbonyl (C=O) groups excluding carboxylic acids is 2. The standard InChI is InChI=1S/C22H19N5O2/c1-15-20(16(2)27(25-15)17-9-4-3-5-10-17)21(28)22(29)24-18-11-6-7-12-19(18)26-14-8-13-23-26/h3-14H,1-2H3,(H,24,29). The van der Waals surface area contributed by atoms with Crippen LogP contribution in [0, 0.1) is 13.8 Å². The maximum atomic E-state index is 12.9. The number of anilines is 1. The lowest BCUT2D eigenvalue weighted by Crippen LogP contribution is -2.24. The molecule has 0 aliphatic carbocycles. The van der Waals surface area contributed by atoms with Crippen molar-refractivity contribution in [3.05, 3.63) is 90.0 Å². The lowest BCUT2D eigenvalue weighted by atomic mass is 10.1. The molecule has 1 N–H and O–H groups in total. The van der Waals surface area contributed by atoms with Gasteiger partial charge in [0.05, 0.1) is 34.0 Å². The highest BCUT2D eigenvalue weighted by Crippen LogP contribution is 2.22. The second-order valence-electron chi connectivity index (χ2n) is 6.54. The van der Waals surface area contributed by atoms with Crippen molar-refractivity contribution in [3.63, 3.8) is 0 Å². The summed E-state index contributed by atoms with van der Waals surface area (Å²) in [5, 5.41) is 11.4. The number of nitrogens with one attached hydrogen (secondary N) is 1. The second kappa shape index (κ2) is 7.55. The van der Waals surface area contributed by atoms with E-state index in [-0.39, 0.29) is 0 Å². The van der Waals surface area contributed by atoms with Crippen molar-refractivity contribution in [1.82, 2.24) is 19.6 Å². The van der Waals surface area contributed by atoms with E-state index in [1.807, 2.05) is 42.5 Å². The number of benzene rings is 2. The normalized spacial score (nSPS) is 10.7. The molecule has 0 saturated carbocycles. The number of nitrogens with zero attached hydrogens (tertiary/aromatic N) is 4. The maximum absolute atomic E-state index is 12.9. The number of amides is 1.